The average molecular weight is 305 g/mol. The number of hydrogen-bond donors (Lipinski definition) is 2. The molecule has 2 aromatic rings. The molecule has 1 aromatic heterocycles. The zero-order valence-corrected chi connectivity index (χ0v) is 12.0. The number of hydrogen-bond acceptors (Lipinski definition) is 4. The molecule has 0 aliphatic heterocycles. The second kappa shape index (κ2) is 6.81. The first kappa shape index (κ1) is 14.9. The van der Waals surface area contributed by atoms with Gasteiger partial charge in [-0.25, -0.2) is 9.97 Å². The van der Waals surface area contributed by atoms with Crippen LogP contribution in [-0.4, -0.2) is 21.8 Å². The second-order valence-corrected chi connectivity index (χ2v) is 4.55. The fourth-order valence-electron chi connectivity index (χ4n) is 1.55. The van der Waals surface area contributed by atoms with Crippen LogP contribution in [0.5, 0.6) is 0 Å². The molecular formula is C14H13ClN4O2. The predicted molar refractivity (Wildman–Crippen MR) is 80.4 cm³/mol. The summed E-state index contributed by atoms with van der Waals surface area (Å²) in [5.74, 6) is -0.500. The van der Waals surface area contributed by atoms with Gasteiger partial charge in [0.05, 0.1) is 12.4 Å². The van der Waals surface area contributed by atoms with Gasteiger partial charge in [0.25, 0.3) is 5.91 Å². The molecule has 0 saturated heterocycles. The lowest BCUT2D eigenvalue weighted by molar-refractivity contribution is -0.115. The lowest BCUT2D eigenvalue weighted by atomic mass is 10.2. The Bertz CT molecular complexity index is 658. The summed E-state index contributed by atoms with van der Waals surface area (Å²) in [5, 5.41) is 5.61. The summed E-state index contributed by atoms with van der Waals surface area (Å²) >= 11 is 5.61. The van der Waals surface area contributed by atoms with E-state index in [0.29, 0.717) is 17.8 Å². The van der Waals surface area contributed by atoms with E-state index in [0.717, 1.165) is 0 Å². The lowest BCUT2D eigenvalue weighted by Gasteiger charge is -2.08. The van der Waals surface area contributed by atoms with Crippen molar-refractivity contribution >= 4 is 34.8 Å². The third-order valence-corrected chi connectivity index (χ3v) is 2.77. The van der Waals surface area contributed by atoms with Crippen molar-refractivity contribution in [2.75, 3.05) is 10.6 Å². The molecule has 2 rings (SSSR count). The van der Waals surface area contributed by atoms with Gasteiger partial charge in [0.15, 0.2) is 0 Å². The van der Waals surface area contributed by atoms with Gasteiger partial charge in [-0.05, 0) is 18.2 Å². The Kier molecular flexibility index (Phi) is 4.84. The number of nitrogens with one attached hydrogen (secondary N) is 2. The zero-order valence-electron chi connectivity index (χ0n) is 11.3. The van der Waals surface area contributed by atoms with Crippen LogP contribution in [0.25, 0.3) is 0 Å². The number of carbonyl (C=O) groups is 2. The summed E-state index contributed by atoms with van der Waals surface area (Å²) in [7, 11) is 0. The number of aromatic nitrogens is 2. The molecule has 0 aliphatic rings. The van der Waals surface area contributed by atoms with E-state index >= 15 is 0 Å². The summed E-state index contributed by atoms with van der Waals surface area (Å²) in [4.78, 5) is 31.0. The van der Waals surface area contributed by atoms with Gasteiger partial charge in [0.1, 0.15) is 10.8 Å². The molecule has 0 bridgehead atoms. The summed E-state index contributed by atoms with van der Waals surface area (Å²) < 4.78 is 0. The molecule has 21 heavy (non-hydrogen) atoms. The van der Waals surface area contributed by atoms with E-state index in [4.69, 9.17) is 11.6 Å². The van der Waals surface area contributed by atoms with Gasteiger partial charge >= 0.3 is 0 Å². The van der Waals surface area contributed by atoms with Crippen LogP contribution >= 0.6 is 11.6 Å². The van der Waals surface area contributed by atoms with Crippen LogP contribution in [0.2, 0.25) is 5.15 Å². The van der Waals surface area contributed by atoms with Crippen LogP contribution in [0.4, 0.5) is 11.4 Å². The van der Waals surface area contributed by atoms with E-state index in [1.54, 1.807) is 31.2 Å². The number of amides is 2. The molecule has 1 aromatic carbocycles. The van der Waals surface area contributed by atoms with Crippen LogP contribution < -0.4 is 10.6 Å². The van der Waals surface area contributed by atoms with Crippen molar-refractivity contribution in [3.05, 3.63) is 47.5 Å². The standard InChI is InChI=1S/C14H13ClN4O2/c1-2-13(20)18-9-4-3-5-10(6-9)19-14(21)11-7-17-12(15)8-16-11/h3-8H,2H2,1H3,(H,18,20)(H,19,21). The minimum Gasteiger partial charge on any atom is -0.326 e. The van der Waals surface area contributed by atoms with E-state index in [2.05, 4.69) is 20.6 Å². The maximum absolute atomic E-state index is 12.0. The molecule has 0 aliphatic carbocycles. The SMILES string of the molecule is CCC(=O)Nc1cccc(NC(=O)c2cnc(Cl)cn2)c1. The van der Waals surface area contributed by atoms with Crippen molar-refractivity contribution in [1.82, 2.24) is 9.97 Å². The molecule has 6 nitrogen and oxygen atoms in total. The van der Waals surface area contributed by atoms with Crippen molar-refractivity contribution in [3.8, 4) is 0 Å². The van der Waals surface area contributed by atoms with Crippen LogP contribution in [-0.2, 0) is 4.79 Å². The molecule has 7 heteroatoms. The summed E-state index contributed by atoms with van der Waals surface area (Å²) in [6, 6.07) is 6.84. The first-order valence-corrected chi connectivity index (χ1v) is 6.65. The smallest absolute Gasteiger partial charge is 0.275 e. The molecule has 108 valence electrons. The first-order valence-electron chi connectivity index (χ1n) is 6.27. The van der Waals surface area contributed by atoms with Gasteiger partial charge in [0.2, 0.25) is 5.91 Å². The molecule has 1 heterocycles. The quantitative estimate of drug-likeness (QED) is 0.909. The highest BCUT2D eigenvalue weighted by Crippen LogP contribution is 2.16. The van der Waals surface area contributed by atoms with Gasteiger partial charge in [-0.15, -0.1) is 0 Å². The fourth-order valence-corrected chi connectivity index (χ4v) is 1.65. The van der Waals surface area contributed by atoms with E-state index < -0.39 is 5.91 Å². The Labute approximate surface area is 126 Å². The third-order valence-electron chi connectivity index (χ3n) is 2.58. The van der Waals surface area contributed by atoms with Crippen molar-refractivity contribution in [2.24, 2.45) is 0 Å². The Morgan fingerprint density at radius 1 is 1.14 bits per heavy atom. The first-order chi connectivity index (χ1) is 10.1. The molecule has 2 N–H and O–H groups in total. The summed E-state index contributed by atoms with van der Waals surface area (Å²) in [6.07, 6.45) is 2.98. The van der Waals surface area contributed by atoms with Crippen LogP contribution in [0.1, 0.15) is 23.8 Å². The second-order valence-electron chi connectivity index (χ2n) is 4.16. The minimum absolute atomic E-state index is 0.0953. The number of nitrogens with zero attached hydrogens (tertiary/aromatic N) is 2. The normalized spacial score (nSPS) is 10.0. The van der Waals surface area contributed by atoms with Crippen molar-refractivity contribution in [3.63, 3.8) is 0 Å². The molecule has 0 saturated carbocycles. The van der Waals surface area contributed by atoms with Crippen LogP contribution in [0.15, 0.2) is 36.7 Å². The van der Waals surface area contributed by atoms with Gasteiger partial charge in [-0.3, -0.25) is 9.59 Å². The molecule has 2 amide bonds. The fraction of sp³-hybridized carbons (Fsp3) is 0.143. The van der Waals surface area contributed by atoms with Gasteiger partial charge in [-0.1, -0.05) is 24.6 Å². The highest BCUT2D eigenvalue weighted by atomic mass is 35.5. The highest BCUT2D eigenvalue weighted by molar-refractivity contribution is 6.29. The number of rotatable bonds is 4. The molecule has 0 unspecified atom stereocenters. The van der Waals surface area contributed by atoms with E-state index in [1.807, 2.05) is 0 Å². The topological polar surface area (TPSA) is 84.0 Å². The number of halogens is 1. The minimum atomic E-state index is -0.405. The number of anilines is 2. The van der Waals surface area contributed by atoms with E-state index in [9.17, 15) is 9.59 Å². The van der Waals surface area contributed by atoms with Gasteiger partial charge in [0, 0.05) is 17.8 Å². The Balaban J connectivity index is 2.08. The van der Waals surface area contributed by atoms with Gasteiger partial charge in [-0.2, -0.15) is 0 Å². The van der Waals surface area contributed by atoms with E-state index in [1.165, 1.54) is 12.4 Å². The molecular weight excluding hydrogens is 292 g/mol. The number of carbonyl (C=O) groups excluding carboxylic acids is 2. The number of benzene rings is 1. The van der Waals surface area contributed by atoms with E-state index in [-0.39, 0.29) is 16.8 Å². The largest absolute Gasteiger partial charge is 0.326 e. The highest BCUT2D eigenvalue weighted by Gasteiger charge is 2.09. The molecule has 0 fully saturated rings. The molecule has 0 spiro atoms. The van der Waals surface area contributed by atoms with Crippen molar-refractivity contribution < 1.29 is 9.59 Å². The van der Waals surface area contributed by atoms with Gasteiger partial charge < -0.3 is 10.6 Å². The maximum atomic E-state index is 12.0. The zero-order chi connectivity index (χ0) is 15.2. The molecule has 0 atom stereocenters. The Hall–Kier alpha value is -2.47. The van der Waals surface area contributed by atoms with Crippen molar-refractivity contribution in [1.29, 1.82) is 0 Å². The summed E-state index contributed by atoms with van der Waals surface area (Å²) in [6.45, 7) is 1.76. The van der Waals surface area contributed by atoms with Crippen molar-refractivity contribution in [2.45, 2.75) is 13.3 Å². The summed E-state index contributed by atoms with van der Waals surface area (Å²) in [5.41, 5.74) is 1.31. The Morgan fingerprint density at radius 3 is 2.48 bits per heavy atom. The molecule has 0 radical (unpaired) electrons. The van der Waals surface area contributed by atoms with Crippen LogP contribution in [0, 0.1) is 0 Å². The Morgan fingerprint density at radius 2 is 1.86 bits per heavy atom. The third kappa shape index (κ3) is 4.25. The predicted octanol–water partition coefficient (Wildman–Crippen LogP) is 2.73. The lowest BCUT2D eigenvalue weighted by Crippen LogP contribution is -2.14. The monoisotopic (exact) mass is 304 g/mol. The average Bonchev–Trinajstić information content (AvgIpc) is 2.48. The van der Waals surface area contributed by atoms with Crippen LogP contribution in [0.3, 0.4) is 0 Å². The maximum Gasteiger partial charge on any atom is 0.275 e.